The van der Waals surface area contributed by atoms with E-state index in [1.165, 1.54) is 26.4 Å². The number of fused-ring (bicyclic) bond motifs is 1. The van der Waals surface area contributed by atoms with Crippen molar-refractivity contribution in [3.63, 3.8) is 0 Å². The Morgan fingerprint density at radius 2 is 1.69 bits per heavy atom. The highest BCUT2D eigenvalue weighted by atomic mass is 16.6. The van der Waals surface area contributed by atoms with Gasteiger partial charge in [-0.1, -0.05) is 26.2 Å². The Kier molecular flexibility index (Phi) is 10.5. The van der Waals surface area contributed by atoms with E-state index in [2.05, 4.69) is 6.92 Å². The van der Waals surface area contributed by atoms with E-state index in [1.54, 1.807) is 24.1 Å². The van der Waals surface area contributed by atoms with E-state index >= 15 is 0 Å². The highest BCUT2D eigenvalue weighted by Crippen LogP contribution is 2.44. The van der Waals surface area contributed by atoms with Gasteiger partial charge < -0.3 is 33.3 Å². The molecule has 0 saturated carbocycles. The number of rotatable bonds is 13. The number of nitrogens with zero attached hydrogens (tertiary/aromatic N) is 1. The van der Waals surface area contributed by atoms with Gasteiger partial charge in [0.1, 0.15) is 35.0 Å². The Bertz CT molecular complexity index is 835. The van der Waals surface area contributed by atoms with Crippen LogP contribution >= 0.6 is 0 Å². The summed E-state index contributed by atoms with van der Waals surface area (Å²) in [5, 5.41) is 0. The summed E-state index contributed by atoms with van der Waals surface area (Å²) in [6.45, 7) is 5.42. The molecule has 9 heteroatoms. The predicted octanol–water partition coefficient (Wildman–Crippen LogP) is 4.25. The minimum Gasteiger partial charge on any atom is -0.496 e. The average Bonchev–Trinajstić information content (AvgIpc) is 2.86. The lowest BCUT2D eigenvalue weighted by Crippen LogP contribution is -2.52. The largest absolute Gasteiger partial charge is 0.496 e. The second-order valence-electron chi connectivity index (χ2n) is 8.97. The van der Waals surface area contributed by atoms with Crippen LogP contribution in [0.15, 0.2) is 12.1 Å². The van der Waals surface area contributed by atoms with E-state index < -0.39 is 5.60 Å². The summed E-state index contributed by atoms with van der Waals surface area (Å²) < 4.78 is 33.4. The normalized spacial score (nSPS) is 16.5. The smallest absolute Gasteiger partial charge is 0.409 e. The van der Waals surface area contributed by atoms with E-state index in [9.17, 15) is 9.59 Å². The molecule has 35 heavy (non-hydrogen) atoms. The van der Waals surface area contributed by atoms with Crippen LogP contribution in [-0.2, 0) is 14.2 Å². The quantitative estimate of drug-likeness (QED) is 0.377. The molecule has 1 aromatic rings. The molecule has 1 aromatic carbocycles. The maximum atomic E-state index is 13.0. The number of likely N-dealkylation sites (tertiary alicyclic amines) is 1. The first-order chi connectivity index (χ1) is 17.0. The summed E-state index contributed by atoms with van der Waals surface area (Å²) in [6, 6.07) is 3.40. The molecule has 0 bridgehead atoms. The lowest BCUT2D eigenvalue weighted by Gasteiger charge is -2.43. The zero-order valence-electron chi connectivity index (χ0n) is 21.3. The van der Waals surface area contributed by atoms with E-state index in [4.69, 9.17) is 28.4 Å². The van der Waals surface area contributed by atoms with Gasteiger partial charge in [-0.05, 0) is 6.42 Å². The number of benzene rings is 1. The SMILES string of the molecule is CCCCCCOCCOCCOC(=O)N1CCC2(CC1)CC(=O)c1c(OC)cc(OC)cc1O2. The number of amides is 1. The Morgan fingerprint density at radius 3 is 2.37 bits per heavy atom. The van der Waals surface area contributed by atoms with Crippen LogP contribution in [0.3, 0.4) is 0 Å². The zero-order valence-corrected chi connectivity index (χ0v) is 21.3. The van der Waals surface area contributed by atoms with Crippen molar-refractivity contribution in [1.29, 1.82) is 0 Å². The number of hydrogen-bond acceptors (Lipinski definition) is 8. The lowest BCUT2D eigenvalue weighted by molar-refractivity contribution is -0.0143. The monoisotopic (exact) mass is 493 g/mol. The van der Waals surface area contributed by atoms with Gasteiger partial charge in [-0.25, -0.2) is 4.79 Å². The summed E-state index contributed by atoms with van der Waals surface area (Å²) in [5.74, 6) is 1.45. The third kappa shape index (κ3) is 7.48. The van der Waals surface area contributed by atoms with Crippen molar-refractivity contribution in [3.05, 3.63) is 17.7 Å². The van der Waals surface area contributed by atoms with Crippen LogP contribution in [0.4, 0.5) is 4.79 Å². The molecule has 196 valence electrons. The molecule has 2 heterocycles. The van der Waals surface area contributed by atoms with Crippen LogP contribution in [0.25, 0.3) is 0 Å². The Balaban J connectivity index is 1.37. The summed E-state index contributed by atoms with van der Waals surface area (Å²) >= 11 is 0. The molecule has 0 unspecified atom stereocenters. The number of carbonyl (C=O) groups is 2. The minimum absolute atomic E-state index is 0.0242. The van der Waals surface area contributed by atoms with Crippen LogP contribution in [-0.4, -0.2) is 82.7 Å². The van der Waals surface area contributed by atoms with Crippen molar-refractivity contribution in [2.75, 3.05) is 60.3 Å². The van der Waals surface area contributed by atoms with Crippen molar-refractivity contribution in [3.8, 4) is 17.2 Å². The molecule has 1 fully saturated rings. The van der Waals surface area contributed by atoms with Gasteiger partial charge in [0, 0.05) is 44.7 Å². The first-order valence-electron chi connectivity index (χ1n) is 12.6. The van der Waals surface area contributed by atoms with Crippen LogP contribution in [0.2, 0.25) is 0 Å². The van der Waals surface area contributed by atoms with Crippen LogP contribution in [0.1, 0.15) is 62.2 Å². The first-order valence-corrected chi connectivity index (χ1v) is 12.6. The molecule has 0 N–H and O–H groups in total. The summed E-state index contributed by atoms with van der Waals surface area (Å²) in [4.78, 5) is 27.0. The van der Waals surface area contributed by atoms with Crippen LogP contribution in [0, 0.1) is 0 Å². The van der Waals surface area contributed by atoms with Crippen LogP contribution in [0.5, 0.6) is 17.2 Å². The summed E-state index contributed by atoms with van der Waals surface area (Å²) in [6.07, 6.45) is 5.69. The minimum atomic E-state index is -0.641. The molecule has 0 aliphatic carbocycles. The van der Waals surface area contributed by atoms with Gasteiger partial charge in [-0.15, -0.1) is 0 Å². The number of carbonyl (C=O) groups excluding carboxylic acids is 2. The van der Waals surface area contributed by atoms with E-state index in [0.29, 0.717) is 68.6 Å². The Labute approximate surface area is 207 Å². The predicted molar refractivity (Wildman–Crippen MR) is 130 cm³/mol. The maximum Gasteiger partial charge on any atom is 0.409 e. The number of hydrogen-bond donors (Lipinski definition) is 0. The highest BCUT2D eigenvalue weighted by molar-refractivity contribution is 6.03. The number of ketones is 1. The van der Waals surface area contributed by atoms with Gasteiger partial charge in [0.15, 0.2) is 5.78 Å². The molecule has 0 aromatic heterocycles. The van der Waals surface area contributed by atoms with E-state index in [1.807, 2.05) is 0 Å². The third-order valence-electron chi connectivity index (χ3n) is 6.48. The van der Waals surface area contributed by atoms with E-state index in [-0.39, 0.29) is 24.9 Å². The van der Waals surface area contributed by atoms with Crippen molar-refractivity contribution >= 4 is 11.9 Å². The number of methoxy groups -OCH3 is 2. The lowest BCUT2D eigenvalue weighted by atomic mass is 9.82. The van der Waals surface area contributed by atoms with Gasteiger partial charge in [0.25, 0.3) is 0 Å². The number of piperidine rings is 1. The molecule has 9 nitrogen and oxygen atoms in total. The second kappa shape index (κ2) is 13.5. The molecular weight excluding hydrogens is 454 g/mol. The fourth-order valence-corrected chi connectivity index (χ4v) is 4.46. The standard InChI is InChI=1S/C26H39NO8/c1-4-5-6-7-12-32-13-14-33-15-16-34-25(29)27-10-8-26(9-11-27)19-21(28)24-22(31-3)17-20(30-2)18-23(24)35-26/h17-18H,4-16,19H2,1-3H3. The Morgan fingerprint density at radius 1 is 0.971 bits per heavy atom. The average molecular weight is 494 g/mol. The molecule has 1 saturated heterocycles. The van der Waals surface area contributed by atoms with Gasteiger partial charge in [0.05, 0.1) is 40.5 Å². The molecular formula is C26H39NO8. The van der Waals surface area contributed by atoms with Crippen molar-refractivity contribution in [2.45, 2.75) is 57.5 Å². The summed E-state index contributed by atoms with van der Waals surface area (Å²) in [7, 11) is 3.07. The summed E-state index contributed by atoms with van der Waals surface area (Å²) in [5.41, 5.74) is -0.194. The molecule has 0 atom stereocenters. The number of unbranched alkanes of at least 4 members (excludes halogenated alkanes) is 3. The van der Waals surface area contributed by atoms with Gasteiger partial charge in [-0.2, -0.15) is 0 Å². The fraction of sp³-hybridized carbons (Fsp3) is 0.692. The van der Waals surface area contributed by atoms with Gasteiger partial charge >= 0.3 is 6.09 Å². The number of ether oxygens (including phenoxy) is 6. The van der Waals surface area contributed by atoms with Crippen molar-refractivity contribution < 1.29 is 38.0 Å². The topological polar surface area (TPSA) is 92.8 Å². The van der Waals surface area contributed by atoms with Crippen molar-refractivity contribution in [1.82, 2.24) is 4.90 Å². The molecule has 1 spiro atoms. The molecule has 0 radical (unpaired) electrons. The first kappa shape index (κ1) is 27.1. The molecule has 1 amide bonds. The van der Waals surface area contributed by atoms with Gasteiger partial charge in [-0.3, -0.25) is 4.79 Å². The van der Waals surface area contributed by atoms with Gasteiger partial charge in [0.2, 0.25) is 0 Å². The number of Topliss-reactive ketones (excluding diaryl/α,β-unsaturated/α-hetero) is 1. The molecule has 2 aliphatic heterocycles. The van der Waals surface area contributed by atoms with Crippen LogP contribution < -0.4 is 14.2 Å². The molecule has 2 aliphatic rings. The maximum absolute atomic E-state index is 13.0. The fourth-order valence-electron chi connectivity index (χ4n) is 4.46. The zero-order chi connectivity index (χ0) is 25.1. The second-order valence-corrected chi connectivity index (χ2v) is 8.97. The Hall–Kier alpha value is -2.52. The van der Waals surface area contributed by atoms with E-state index in [0.717, 1.165) is 13.0 Å². The third-order valence-corrected chi connectivity index (χ3v) is 6.48. The molecule has 3 rings (SSSR count). The highest BCUT2D eigenvalue weighted by Gasteiger charge is 2.45. The van der Waals surface area contributed by atoms with Crippen molar-refractivity contribution in [2.24, 2.45) is 0 Å².